The minimum absolute atomic E-state index is 0.276. The molecule has 1 heterocycles. The predicted octanol–water partition coefficient (Wildman–Crippen LogP) is 3.12. The highest BCUT2D eigenvalue weighted by Crippen LogP contribution is 2.38. The topological polar surface area (TPSA) is 39.7 Å². The van der Waals surface area contributed by atoms with Gasteiger partial charge in [-0.05, 0) is 31.0 Å². The Balaban J connectivity index is 2.11. The zero-order valence-corrected chi connectivity index (χ0v) is 12.5. The van der Waals surface area contributed by atoms with Gasteiger partial charge in [0, 0.05) is 18.2 Å². The SMILES string of the molecule is C=C(C)COc1cc2c(cc1CNCC(C)C)OCO2. The second kappa shape index (κ2) is 6.66. The third-order valence-corrected chi connectivity index (χ3v) is 2.90. The average molecular weight is 277 g/mol. The number of ether oxygens (including phenoxy) is 3. The van der Waals surface area contributed by atoms with E-state index in [0.29, 0.717) is 12.5 Å². The summed E-state index contributed by atoms with van der Waals surface area (Å²) >= 11 is 0. The lowest BCUT2D eigenvalue weighted by Gasteiger charge is -2.14. The first-order valence-corrected chi connectivity index (χ1v) is 6.96. The largest absolute Gasteiger partial charge is 0.489 e. The molecule has 1 aromatic rings. The first kappa shape index (κ1) is 14.7. The average Bonchev–Trinajstić information content (AvgIpc) is 2.82. The van der Waals surface area contributed by atoms with E-state index in [9.17, 15) is 0 Å². The molecule has 0 radical (unpaired) electrons. The van der Waals surface area contributed by atoms with Crippen LogP contribution in [0.4, 0.5) is 0 Å². The first-order chi connectivity index (χ1) is 9.56. The summed E-state index contributed by atoms with van der Waals surface area (Å²) in [5, 5.41) is 3.42. The maximum absolute atomic E-state index is 5.81. The van der Waals surface area contributed by atoms with E-state index < -0.39 is 0 Å². The van der Waals surface area contributed by atoms with Crippen molar-refractivity contribution in [2.75, 3.05) is 19.9 Å². The van der Waals surface area contributed by atoms with Crippen LogP contribution in [0.3, 0.4) is 0 Å². The van der Waals surface area contributed by atoms with Crippen LogP contribution in [0.1, 0.15) is 26.3 Å². The Hall–Kier alpha value is -1.68. The summed E-state index contributed by atoms with van der Waals surface area (Å²) in [5.74, 6) is 2.97. The lowest BCUT2D eigenvalue weighted by Crippen LogP contribution is -2.19. The number of rotatable bonds is 7. The Kier molecular flexibility index (Phi) is 4.90. The van der Waals surface area contributed by atoms with E-state index in [4.69, 9.17) is 14.2 Å². The van der Waals surface area contributed by atoms with Crippen LogP contribution < -0.4 is 19.5 Å². The zero-order valence-electron chi connectivity index (χ0n) is 12.5. The van der Waals surface area contributed by atoms with Crippen molar-refractivity contribution in [2.24, 2.45) is 5.92 Å². The van der Waals surface area contributed by atoms with E-state index in [0.717, 1.165) is 41.5 Å². The van der Waals surface area contributed by atoms with Crippen LogP contribution in [0.2, 0.25) is 0 Å². The van der Waals surface area contributed by atoms with Crippen LogP contribution in [0.15, 0.2) is 24.3 Å². The minimum Gasteiger partial charge on any atom is -0.489 e. The second-order valence-corrected chi connectivity index (χ2v) is 5.58. The van der Waals surface area contributed by atoms with Gasteiger partial charge in [0.1, 0.15) is 12.4 Å². The maximum Gasteiger partial charge on any atom is 0.231 e. The van der Waals surface area contributed by atoms with Crippen molar-refractivity contribution < 1.29 is 14.2 Å². The molecule has 0 unspecified atom stereocenters. The Labute approximate surface area is 120 Å². The number of benzene rings is 1. The smallest absolute Gasteiger partial charge is 0.231 e. The molecule has 110 valence electrons. The van der Waals surface area contributed by atoms with Crippen molar-refractivity contribution in [1.82, 2.24) is 5.32 Å². The molecule has 2 rings (SSSR count). The molecule has 0 fully saturated rings. The van der Waals surface area contributed by atoms with Gasteiger partial charge in [0.15, 0.2) is 11.5 Å². The molecule has 1 aliphatic heterocycles. The summed E-state index contributed by atoms with van der Waals surface area (Å²) in [4.78, 5) is 0. The van der Waals surface area contributed by atoms with Crippen molar-refractivity contribution in [3.63, 3.8) is 0 Å². The van der Waals surface area contributed by atoms with Crippen LogP contribution >= 0.6 is 0 Å². The van der Waals surface area contributed by atoms with E-state index in [1.807, 2.05) is 19.1 Å². The number of hydrogen-bond donors (Lipinski definition) is 1. The molecule has 0 bridgehead atoms. The molecule has 1 N–H and O–H groups in total. The van der Waals surface area contributed by atoms with Crippen LogP contribution in [0.25, 0.3) is 0 Å². The minimum atomic E-state index is 0.276. The standard InChI is InChI=1S/C16H23NO3/c1-11(2)7-17-8-13-5-15-16(20-10-19-15)6-14(13)18-9-12(3)4/h5-6,11,17H,3,7-10H2,1-2,4H3. The van der Waals surface area contributed by atoms with Gasteiger partial charge in [-0.25, -0.2) is 0 Å². The van der Waals surface area contributed by atoms with Gasteiger partial charge in [-0.15, -0.1) is 0 Å². The van der Waals surface area contributed by atoms with Crippen LogP contribution in [0.5, 0.6) is 17.2 Å². The monoisotopic (exact) mass is 277 g/mol. The third-order valence-electron chi connectivity index (χ3n) is 2.90. The molecule has 20 heavy (non-hydrogen) atoms. The van der Waals surface area contributed by atoms with Gasteiger partial charge < -0.3 is 19.5 Å². The molecule has 0 aliphatic carbocycles. The van der Waals surface area contributed by atoms with Crippen molar-refractivity contribution in [1.29, 1.82) is 0 Å². The summed E-state index contributed by atoms with van der Waals surface area (Å²) in [6, 6.07) is 3.89. The van der Waals surface area contributed by atoms with Gasteiger partial charge >= 0.3 is 0 Å². The summed E-state index contributed by atoms with van der Waals surface area (Å²) in [6.07, 6.45) is 0. The lowest BCUT2D eigenvalue weighted by atomic mass is 10.1. The molecule has 0 saturated carbocycles. The van der Waals surface area contributed by atoms with E-state index in [1.165, 1.54) is 0 Å². The van der Waals surface area contributed by atoms with Crippen molar-refractivity contribution in [3.8, 4) is 17.2 Å². The summed E-state index contributed by atoms with van der Waals surface area (Å²) < 4.78 is 16.6. The van der Waals surface area contributed by atoms with E-state index in [1.54, 1.807) is 0 Å². The molecule has 0 saturated heterocycles. The maximum atomic E-state index is 5.81. The molecule has 4 heteroatoms. The molecule has 4 nitrogen and oxygen atoms in total. The normalized spacial score (nSPS) is 12.8. The lowest BCUT2D eigenvalue weighted by molar-refractivity contribution is 0.173. The summed E-state index contributed by atoms with van der Waals surface area (Å²) in [6.45, 7) is 12.7. The van der Waals surface area contributed by atoms with Crippen molar-refractivity contribution >= 4 is 0 Å². The molecule has 0 spiro atoms. The summed E-state index contributed by atoms with van der Waals surface area (Å²) in [7, 11) is 0. The first-order valence-electron chi connectivity index (χ1n) is 6.96. The highest BCUT2D eigenvalue weighted by molar-refractivity contribution is 5.51. The van der Waals surface area contributed by atoms with E-state index >= 15 is 0 Å². The molecule has 1 aliphatic rings. The fourth-order valence-electron chi connectivity index (χ4n) is 1.93. The van der Waals surface area contributed by atoms with E-state index in [2.05, 4.69) is 25.7 Å². The Morgan fingerprint density at radius 3 is 2.70 bits per heavy atom. The molecular weight excluding hydrogens is 254 g/mol. The van der Waals surface area contributed by atoms with Crippen molar-refractivity contribution in [2.45, 2.75) is 27.3 Å². The molecule has 0 atom stereocenters. The second-order valence-electron chi connectivity index (χ2n) is 5.58. The van der Waals surface area contributed by atoms with Gasteiger partial charge in [-0.2, -0.15) is 0 Å². The van der Waals surface area contributed by atoms with Crippen LogP contribution in [-0.2, 0) is 6.54 Å². The van der Waals surface area contributed by atoms with Gasteiger partial charge in [0.25, 0.3) is 0 Å². The van der Waals surface area contributed by atoms with E-state index in [-0.39, 0.29) is 6.79 Å². The zero-order chi connectivity index (χ0) is 14.5. The van der Waals surface area contributed by atoms with Gasteiger partial charge in [-0.3, -0.25) is 0 Å². The van der Waals surface area contributed by atoms with Crippen molar-refractivity contribution in [3.05, 3.63) is 29.8 Å². The summed E-state index contributed by atoms with van der Waals surface area (Å²) in [5.41, 5.74) is 2.07. The quantitative estimate of drug-likeness (QED) is 0.777. The molecule has 1 aromatic carbocycles. The number of nitrogens with one attached hydrogen (secondary N) is 1. The fraction of sp³-hybridized carbons (Fsp3) is 0.500. The highest BCUT2D eigenvalue weighted by atomic mass is 16.7. The Morgan fingerprint density at radius 2 is 2.05 bits per heavy atom. The fourth-order valence-corrected chi connectivity index (χ4v) is 1.93. The molecule has 0 aromatic heterocycles. The number of hydrogen-bond acceptors (Lipinski definition) is 4. The third kappa shape index (κ3) is 3.90. The van der Waals surface area contributed by atoms with Gasteiger partial charge in [-0.1, -0.05) is 20.4 Å². The Morgan fingerprint density at radius 1 is 1.35 bits per heavy atom. The predicted molar refractivity (Wildman–Crippen MR) is 79.4 cm³/mol. The van der Waals surface area contributed by atoms with Crippen LogP contribution in [0, 0.1) is 5.92 Å². The van der Waals surface area contributed by atoms with Crippen LogP contribution in [-0.4, -0.2) is 19.9 Å². The molecular formula is C16H23NO3. The number of fused-ring (bicyclic) bond motifs is 1. The van der Waals surface area contributed by atoms with Gasteiger partial charge in [0.2, 0.25) is 6.79 Å². The van der Waals surface area contributed by atoms with Gasteiger partial charge in [0.05, 0.1) is 0 Å². The Bertz CT molecular complexity index is 483. The molecule has 0 amide bonds. The highest BCUT2D eigenvalue weighted by Gasteiger charge is 2.18.